The molecular formula is C16H26N4O. The third-order valence-corrected chi connectivity index (χ3v) is 3.59. The molecule has 1 saturated heterocycles. The molecule has 116 valence electrons. The second-order valence-electron chi connectivity index (χ2n) is 6.65. The van der Waals surface area contributed by atoms with Gasteiger partial charge in [-0.3, -0.25) is 9.78 Å². The van der Waals surface area contributed by atoms with E-state index in [-0.39, 0.29) is 11.4 Å². The molecule has 2 rings (SSSR count). The number of piperidine rings is 1. The summed E-state index contributed by atoms with van der Waals surface area (Å²) in [6.45, 7) is 8.43. The van der Waals surface area contributed by atoms with Gasteiger partial charge in [0, 0.05) is 42.8 Å². The lowest BCUT2D eigenvalue weighted by molar-refractivity contribution is -0.121. The third kappa shape index (κ3) is 5.34. The van der Waals surface area contributed by atoms with Gasteiger partial charge in [-0.25, -0.2) is 0 Å². The Morgan fingerprint density at radius 1 is 1.29 bits per heavy atom. The van der Waals surface area contributed by atoms with Crippen LogP contribution in [0.3, 0.4) is 0 Å². The van der Waals surface area contributed by atoms with Crippen LogP contribution in [-0.2, 0) is 4.79 Å². The normalized spacial score (nSPS) is 16.8. The minimum absolute atomic E-state index is 0.0686. The van der Waals surface area contributed by atoms with Crippen molar-refractivity contribution >= 4 is 11.6 Å². The number of amides is 1. The summed E-state index contributed by atoms with van der Waals surface area (Å²) >= 11 is 0. The Morgan fingerprint density at radius 3 is 2.48 bits per heavy atom. The number of anilines is 1. The predicted molar refractivity (Wildman–Crippen MR) is 85.4 cm³/mol. The van der Waals surface area contributed by atoms with Crippen molar-refractivity contribution in [2.75, 3.05) is 24.5 Å². The number of aromatic nitrogens is 1. The van der Waals surface area contributed by atoms with Crippen LogP contribution in [0.25, 0.3) is 0 Å². The predicted octanol–water partition coefficient (Wildman–Crippen LogP) is 1.55. The van der Waals surface area contributed by atoms with Crippen molar-refractivity contribution in [2.24, 2.45) is 0 Å². The molecule has 1 aliphatic heterocycles. The van der Waals surface area contributed by atoms with E-state index in [1.165, 1.54) is 5.69 Å². The quantitative estimate of drug-likeness (QED) is 0.883. The van der Waals surface area contributed by atoms with Crippen molar-refractivity contribution in [2.45, 2.75) is 45.2 Å². The summed E-state index contributed by atoms with van der Waals surface area (Å²) in [5.74, 6) is 0.0686. The van der Waals surface area contributed by atoms with Crippen molar-refractivity contribution in [1.29, 1.82) is 0 Å². The Bertz CT molecular complexity index is 447. The van der Waals surface area contributed by atoms with Gasteiger partial charge in [0.15, 0.2) is 0 Å². The number of carbonyl (C=O) groups is 1. The average molecular weight is 290 g/mol. The topological polar surface area (TPSA) is 57.3 Å². The fourth-order valence-electron chi connectivity index (χ4n) is 2.60. The van der Waals surface area contributed by atoms with E-state index in [1.807, 2.05) is 45.3 Å². The SMILES string of the molecule is CC(C)(C)NC(=O)CNC1CCN(c2ccncc2)CC1. The maximum absolute atomic E-state index is 11.8. The van der Waals surface area contributed by atoms with Crippen LogP contribution < -0.4 is 15.5 Å². The molecule has 0 atom stereocenters. The maximum Gasteiger partial charge on any atom is 0.234 e. The molecule has 5 heteroatoms. The second-order valence-corrected chi connectivity index (χ2v) is 6.65. The van der Waals surface area contributed by atoms with Gasteiger partial charge >= 0.3 is 0 Å². The summed E-state index contributed by atoms with van der Waals surface area (Å²) in [7, 11) is 0. The van der Waals surface area contributed by atoms with Crippen LogP contribution in [0.4, 0.5) is 5.69 Å². The number of carbonyl (C=O) groups excluding carboxylic acids is 1. The highest BCUT2D eigenvalue weighted by Gasteiger charge is 2.20. The van der Waals surface area contributed by atoms with E-state index in [4.69, 9.17) is 0 Å². The van der Waals surface area contributed by atoms with Gasteiger partial charge in [-0.1, -0.05) is 0 Å². The van der Waals surface area contributed by atoms with Gasteiger partial charge in [-0.05, 0) is 45.7 Å². The lowest BCUT2D eigenvalue weighted by Gasteiger charge is -2.34. The van der Waals surface area contributed by atoms with Crippen LogP contribution in [-0.4, -0.2) is 42.1 Å². The molecule has 0 bridgehead atoms. The Morgan fingerprint density at radius 2 is 1.90 bits per heavy atom. The fraction of sp³-hybridized carbons (Fsp3) is 0.625. The monoisotopic (exact) mass is 290 g/mol. The highest BCUT2D eigenvalue weighted by molar-refractivity contribution is 5.78. The van der Waals surface area contributed by atoms with Crippen LogP contribution in [0, 0.1) is 0 Å². The van der Waals surface area contributed by atoms with Crippen molar-refractivity contribution in [3.63, 3.8) is 0 Å². The van der Waals surface area contributed by atoms with E-state index < -0.39 is 0 Å². The van der Waals surface area contributed by atoms with Crippen LogP contribution >= 0.6 is 0 Å². The highest BCUT2D eigenvalue weighted by Crippen LogP contribution is 2.18. The molecule has 2 heterocycles. The van der Waals surface area contributed by atoms with Gasteiger partial charge in [0.1, 0.15) is 0 Å². The van der Waals surface area contributed by atoms with Gasteiger partial charge in [0.2, 0.25) is 5.91 Å². The van der Waals surface area contributed by atoms with E-state index >= 15 is 0 Å². The maximum atomic E-state index is 11.8. The molecule has 0 spiro atoms. The third-order valence-electron chi connectivity index (χ3n) is 3.59. The van der Waals surface area contributed by atoms with Gasteiger partial charge < -0.3 is 15.5 Å². The van der Waals surface area contributed by atoms with Gasteiger partial charge in [0.25, 0.3) is 0 Å². The molecule has 0 aliphatic carbocycles. The summed E-state index contributed by atoms with van der Waals surface area (Å²) < 4.78 is 0. The summed E-state index contributed by atoms with van der Waals surface area (Å²) in [5, 5.41) is 6.34. The first kappa shape index (κ1) is 15.8. The van der Waals surface area contributed by atoms with E-state index in [2.05, 4.69) is 20.5 Å². The zero-order chi connectivity index (χ0) is 15.3. The lowest BCUT2D eigenvalue weighted by Crippen LogP contribution is -2.49. The van der Waals surface area contributed by atoms with E-state index in [0.29, 0.717) is 12.6 Å². The fourth-order valence-corrected chi connectivity index (χ4v) is 2.60. The smallest absolute Gasteiger partial charge is 0.234 e. The highest BCUT2D eigenvalue weighted by atomic mass is 16.2. The van der Waals surface area contributed by atoms with Crippen LogP contribution in [0.15, 0.2) is 24.5 Å². The molecule has 1 aliphatic rings. The average Bonchev–Trinajstić information content (AvgIpc) is 2.45. The van der Waals surface area contributed by atoms with E-state index in [9.17, 15) is 4.79 Å². The van der Waals surface area contributed by atoms with Crippen molar-refractivity contribution in [3.8, 4) is 0 Å². The Hall–Kier alpha value is -1.62. The summed E-state index contributed by atoms with van der Waals surface area (Å²) in [4.78, 5) is 18.2. The van der Waals surface area contributed by atoms with E-state index in [1.54, 1.807) is 0 Å². The van der Waals surface area contributed by atoms with Gasteiger partial charge in [0.05, 0.1) is 6.54 Å². The molecule has 0 unspecified atom stereocenters. The molecule has 1 amide bonds. The van der Waals surface area contributed by atoms with E-state index in [0.717, 1.165) is 25.9 Å². The zero-order valence-corrected chi connectivity index (χ0v) is 13.2. The number of nitrogens with zero attached hydrogens (tertiary/aromatic N) is 2. The minimum atomic E-state index is -0.163. The Labute approximate surface area is 127 Å². The first-order chi connectivity index (χ1) is 9.94. The largest absolute Gasteiger partial charge is 0.371 e. The standard InChI is InChI=1S/C16H26N4O/c1-16(2,3)19-15(21)12-18-13-6-10-20(11-7-13)14-4-8-17-9-5-14/h4-5,8-9,13,18H,6-7,10-12H2,1-3H3,(H,19,21). The van der Waals surface area contributed by atoms with Crippen LogP contribution in [0.5, 0.6) is 0 Å². The summed E-state index contributed by atoms with van der Waals surface area (Å²) in [6.07, 6.45) is 5.78. The molecule has 0 radical (unpaired) electrons. The first-order valence-electron chi connectivity index (χ1n) is 7.63. The zero-order valence-electron chi connectivity index (χ0n) is 13.2. The van der Waals surface area contributed by atoms with Gasteiger partial charge in [-0.15, -0.1) is 0 Å². The molecular weight excluding hydrogens is 264 g/mol. The number of rotatable bonds is 4. The summed E-state index contributed by atoms with van der Waals surface area (Å²) in [6, 6.07) is 4.52. The Balaban J connectivity index is 1.71. The van der Waals surface area contributed by atoms with Crippen molar-refractivity contribution in [3.05, 3.63) is 24.5 Å². The van der Waals surface area contributed by atoms with Crippen LogP contribution in [0.2, 0.25) is 0 Å². The number of hydrogen-bond donors (Lipinski definition) is 2. The van der Waals surface area contributed by atoms with Gasteiger partial charge in [-0.2, -0.15) is 0 Å². The molecule has 1 aromatic rings. The second kappa shape index (κ2) is 6.89. The molecule has 1 fully saturated rings. The number of nitrogens with one attached hydrogen (secondary N) is 2. The minimum Gasteiger partial charge on any atom is -0.371 e. The molecule has 0 saturated carbocycles. The summed E-state index contributed by atoms with van der Waals surface area (Å²) in [5.41, 5.74) is 1.07. The molecule has 0 aromatic carbocycles. The van der Waals surface area contributed by atoms with Crippen molar-refractivity contribution in [1.82, 2.24) is 15.6 Å². The molecule has 1 aromatic heterocycles. The molecule has 21 heavy (non-hydrogen) atoms. The number of pyridine rings is 1. The first-order valence-corrected chi connectivity index (χ1v) is 7.63. The van der Waals surface area contributed by atoms with Crippen molar-refractivity contribution < 1.29 is 4.79 Å². The lowest BCUT2D eigenvalue weighted by atomic mass is 10.0. The molecule has 5 nitrogen and oxygen atoms in total. The Kier molecular flexibility index (Phi) is 5.17. The van der Waals surface area contributed by atoms with Crippen LogP contribution in [0.1, 0.15) is 33.6 Å². The number of hydrogen-bond acceptors (Lipinski definition) is 4. The molecule has 2 N–H and O–H groups in total.